The maximum absolute atomic E-state index is 13.0. The number of nitrogens with zero attached hydrogens (tertiary/aromatic N) is 3. The summed E-state index contributed by atoms with van der Waals surface area (Å²) in [6, 6.07) is 11.5. The van der Waals surface area contributed by atoms with Crippen molar-refractivity contribution in [1.82, 2.24) is 14.4 Å². The van der Waals surface area contributed by atoms with Crippen LogP contribution in [0.3, 0.4) is 0 Å². The first-order chi connectivity index (χ1) is 13.1. The van der Waals surface area contributed by atoms with Crippen LogP contribution in [0.4, 0.5) is 0 Å². The Labute approximate surface area is 159 Å². The van der Waals surface area contributed by atoms with E-state index in [2.05, 4.69) is 5.16 Å². The molecule has 144 valence electrons. The van der Waals surface area contributed by atoms with Gasteiger partial charge in [0.15, 0.2) is 0 Å². The predicted molar refractivity (Wildman–Crippen MR) is 99.6 cm³/mol. The average Bonchev–Trinajstić information content (AvgIpc) is 3.21. The molecular formula is C19H23N3O4S. The second-order valence-corrected chi connectivity index (χ2v) is 9.34. The van der Waals surface area contributed by atoms with Crippen LogP contribution in [-0.4, -0.2) is 60.1 Å². The number of benzene rings is 1. The van der Waals surface area contributed by atoms with Crippen molar-refractivity contribution in [3.05, 3.63) is 53.9 Å². The van der Waals surface area contributed by atoms with E-state index in [-0.39, 0.29) is 17.6 Å². The van der Waals surface area contributed by atoms with E-state index in [1.165, 1.54) is 12.3 Å². The molecule has 0 unspecified atom stereocenters. The quantitative estimate of drug-likeness (QED) is 0.796. The van der Waals surface area contributed by atoms with Gasteiger partial charge in [0.25, 0.3) is 5.91 Å². The Morgan fingerprint density at radius 3 is 2.67 bits per heavy atom. The number of amides is 1. The number of rotatable bonds is 4. The lowest BCUT2D eigenvalue weighted by Crippen LogP contribution is -2.35. The summed E-state index contributed by atoms with van der Waals surface area (Å²) in [7, 11) is -3.32. The van der Waals surface area contributed by atoms with Crippen molar-refractivity contribution < 1.29 is 17.7 Å². The zero-order chi connectivity index (χ0) is 18.9. The SMILES string of the molecule is O=C(c1ccno1)N1CC[C@@H]2CN(CCc3ccccc3)S(=O)(=O)[C@@H]2CC1. The molecule has 2 aliphatic rings. The summed E-state index contributed by atoms with van der Waals surface area (Å²) >= 11 is 0. The first-order valence-electron chi connectivity index (χ1n) is 9.28. The third kappa shape index (κ3) is 3.64. The molecule has 1 aromatic carbocycles. The molecular weight excluding hydrogens is 366 g/mol. The lowest BCUT2D eigenvalue weighted by Gasteiger charge is -2.21. The van der Waals surface area contributed by atoms with Crippen LogP contribution in [0.5, 0.6) is 0 Å². The number of carbonyl (C=O) groups is 1. The minimum atomic E-state index is -3.32. The van der Waals surface area contributed by atoms with Crippen LogP contribution in [0.2, 0.25) is 0 Å². The monoisotopic (exact) mass is 389 g/mol. The molecule has 1 aromatic heterocycles. The second kappa shape index (κ2) is 7.44. The normalized spacial score (nSPS) is 25.1. The first kappa shape index (κ1) is 18.2. The van der Waals surface area contributed by atoms with Crippen molar-refractivity contribution in [3.8, 4) is 0 Å². The number of aromatic nitrogens is 1. The Morgan fingerprint density at radius 2 is 1.93 bits per heavy atom. The Morgan fingerprint density at radius 1 is 1.15 bits per heavy atom. The van der Waals surface area contributed by atoms with Crippen molar-refractivity contribution in [2.75, 3.05) is 26.2 Å². The Hall–Kier alpha value is -2.19. The second-order valence-electron chi connectivity index (χ2n) is 7.18. The smallest absolute Gasteiger partial charge is 0.292 e. The van der Waals surface area contributed by atoms with Gasteiger partial charge in [0.05, 0.1) is 11.4 Å². The van der Waals surface area contributed by atoms with Gasteiger partial charge in [-0.15, -0.1) is 0 Å². The summed E-state index contributed by atoms with van der Waals surface area (Å²) in [5.74, 6) is 0.0542. The molecule has 0 saturated carbocycles. The van der Waals surface area contributed by atoms with Crippen molar-refractivity contribution in [3.63, 3.8) is 0 Å². The molecule has 0 bridgehead atoms. The van der Waals surface area contributed by atoms with Crippen molar-refractivity contribution in [1.29, 1.82) is 0 Å². The van der Waals surface area contributed by atoms with E-state index in [4.69, 9.17) is 4.52 Å². The fraction of sp³-hybridized carbons (Fsp3) is 0.474. The number of sulfonamides is 1. The molecule has 2 fully saturated rings. The van der Waals surface area contributed by atoms with E-state index in [9.17, 15) is 13.2 Å². The topological polar surface area (TPSA) is 83.7 Å². The van der Waals surface area contributed by atoms with Crippen molar-refractivity contribution >= 4 is 15.9 Å². The molecule has 1 amide bonds. The molecule has 0 aliphatic carbocycles. The van der Waals surface area contributed by atoms with Crippen molar-refractivity contribution in [2.45, 2.75) is 24.5 Å². The van der Waals surface area contributed by atoms with Gasteiger partial charge in [-0.25, -0.2) is 12.7 Å². The lowest BCUT2D eigenvalue weighted by atomic mass is 10.0. The highest BCUT2D eigenvalue weighted by atomic mass is 32.2. The predicted octanol–water partition coefficient (Wildman–Crippen LogP) is 1.78. The number of likely N-dealkylation sites (tertiary alicyclic amines) is 1. The van der Waals surface area contributed by atoms with Gasteiger partial charge in [0.2, 0.25) is 15.8 Å². The molecule has 4 rings (SSSR count). The maximum atomic E-state index is 13.0. The fourth-order valence-electron chi connectivity index (χ4n) is 4.10. The molecule has 2 saturated heterocycles. The standard InChI is InChI=1S/C19H23N3O4S/c23-19(17-6-10-20-26-17)21-11-8-16-14-22(27(24,25)18(16)9-12-21)13-7-15-4-2-1-3-5-15/h1-6,10,16,18H,7-9,11-14H2/t16-,18-/m1/s1. The van der Waals surface area contributed by atoms with E-state index < -0.39 is 15.3 Å². The van der Waals surface area contributed by atoms with Gasteiger partial charge in [-0.3, -0.25) is 4.79 Å². The summed E-state index contributed by atoms with van der Waals surface area (Å²) in [5.41, 5.74) is 1.14. The van der Waals surface area contributed by atoms with Crippen molar-refractivity contribution in [2.24, 2.45) is 5.92 Å². The van der Waals surface area contributed by atoms with Crippen LogP contribution < -0.4 is 0 Å². The van der Waals surface area contributed by atoms with E-state index in [1.807, 2.05) is 30.3 Å². The van der Waals surface area contributed by atoms with Crippen LogP contribution in [0.25, 0.3) is 0 Å². The molecule has 8 heteroatoms. The van der Waals surface area contributed by atoms with E-state index >= 15 is 0 Å². The van der Waals surface area contributed by atoms with Crippen LogP contribution in [0.1, 0.15) is 29.0 Å². The summed E-state index contributed by atoms with van der Waals surface area (Å²) in [6.07, 6.45) is 3.31. The first-order valence-corrected chi connectivity index (χ1v) is 10.8. The third-order valence-corrected chi connectivity index (χ3v) is 8.03. The fourth-order valence-corrected chi connectivity index (χ4v) is 6.34. The molecule has 2 aliphatic heterocycles. The van der Waals surface area contributed by atoms with Gasteiger partial charge < -0.3 is 9.42 Å². The summed E-state index contributed by atoms with van der Waals surface area (Å²) in [5, 5.41) is 3.17. The highest BCUT2D eigenvalue weighted by molar-refractivity contribution is 7.90. The average molecular weight is 389 g/mol. The highest BCUT2D eigenvalue weighted by Gasteiger charge is 2.47. The van der Waals surface area contributed by atoms with Gasteiger partial charge in [0, 0.05) is 32.2 Å². The van der Waals surface area contributed by atoms with Gasteiger partial charge in [-0.05, 0) is 30.7 Å². The van der Waals surface area contributed by atoms with Gasteiger partial charge in [-0.1, -0.05) is 35.5 Å². The largest absolute Gasteiger partial charge is 0.351 e. The molecule has 27 heavy (non-hydrogen) atoms. The van der Waals surface area contributed by atoms with E-state index in [1.54, 1.807) is 9.21 Å². The zero-order valence-electron chi connectivity index (χ0n) is 15.0. The molecule has 2 aromatic rings. The summed E-state index contributed by atoms with van der Waals surface area (Å²) < 4.78 is 32.6. The molecule has 0 spiro atoms. The maximum Gasteiger partial charge on any atom is 0.292 e. The van der Waals surface area contributed by atoms with E-state index in [0.717, 1.165) is 12.0 Å². The number of fused-ring (bicyclic) bond motifs is 1. The van der Waals surface area contributed by atoms with Gasteiger partial charge >= 0.3 is 0 Å². The molecule has 3 heterocycles. The minimum Gasteiger partial charge on any atom is -0.351 e. The lowest BCUT2D eigenvalue weighted by molar-refractivity contribution is 0.0717. The summed E-state index contributed by atoms with van der Waals surface area (Å²) in [4.78, 5) is 14.1. The third-order valence-electron chi connectivity index (χ3n) is 5.59. The number of carbonyl (C=O) groups excluding carboxylic acids is 1. The Balaban J connectivity index is 1.41. The van der Waals surface area contributed by atoms with E-state index in [0.29, 0.717) is 39.0 Å². The van der Waals surface area contributed by atoms with Crippen LogP contribution in [-0.2, 0) is 16.4 Å². The highest BCUT2D eigenvalue weighted by Crippen LogP contribution is 2.34. The molecule has 7 nitrogen and oxygen atoms in total. The number of hydrogen-bond donors (Lipinski definition) is 0. The Bertz CT molecular complexity index is 883. The van der Waals surface area contributed by atoms with Crippen LogP contribution in [0.15, 0.2) is 47.1 Å². The minimum absolute atomic E-state index is 0.0679. The zero-order valence-corrected chi connectivity index (χ0v) is 15.8. The molecule has 2 atom stereocenters. The molecule has 0 N–H and O–H groups in total. The van der Waals surface area contributed by atoms with Gasteiger partial charge in [-0.2, -0.15) is 0 Å². The van der Waals surface area contributed by atoms with Gasteiger partial charge in [0.1, 0.15) is 0 Å². The molecule has 0 radical (unpaired) electrons. The Kier molecular flexibility index (Phi) is 5.01. The summed E-state index contributed by atoms with van der Waals surface area (Å²) in [6.45, 7) is 2.03. The van der Waals surface area contributed by atoms with Crippen LogP contribution >= 0.6 is 0 Å². The number of hydrogen-bond acceptors (Lipinski definition) is 5. The van der Waals surface area contributed by atoms with Crippen LogP contribution in [0, 0.1) is 5.92 Å².